The van der Waals surface area contributed by atoms with Gasteiger partial charge in [-0.15, -0.1) is 0 Å². The van der Waals surface area contributed by atoms with Crippen LogP contribution in [-0.4, -0.2) is 24.5 Å². The molecule has 1 amide bonds. The van der Waals surface area contributed by atoms with Crippen molar-refractivity contribution in [2.24, 2.45) is 5.92 Å². The highest BCUT2D eigenvalue weighted by atomic mass is 16.5. The molecule has 1 unspecified atom stereocenters. The zero-order valence-corrected chi connectivity index (χ0v) is 10.6. The Morgan fingerprint density at radius 2 is 2.33 bits per heavy atom. The van der Waals surface area contributed by atoms with E-state index in [4.69, 9.17) is 10.00 Å². The molecule has 2 rings (SSSR count). The van der Waals surface area contributed by atoms with Crippen molar-refractivity contribution >= 4 is 5.91 Å². The van der Waals surface area contributed by atoms with Crippen LogP contribution >= 0.6 is 0 Å². The molecule has 4 nitrogen and oxygen atoms in total. The van der Waals surface area contributed by atoms with Gasteiger partial charge in [0.2, 0.25) is 5.91 Å². The average Bonchev–Trinajstić information content (AvgIpc) is 2.67. The fourth-order valence-electron chi connectivity index (χ4n) is 2.30. The van der Waals surface area contributed by atoms with Crippen molar-refractivity contribution < 1.29 is 9.53 Å². The van der Waals surface area contributed by atoms with Gasteiger partial charge in [0, 0.05) is 25.1 Å². The van der Waals surface area contributed by atoms with Gasteiger partial charge in [-0.05, 0) is 24.1 Å². The van der Waals surface area contributed by atoms with E-state index in [9.17, 15) is 4.79 Å². The average molecular weight is 244 g/mol. The molecule has 1 fully saturated rings. The predicted molar refractivity (Wildman–Crippen MR) is 66.9 cm³/mol. The number of benzene rings is 1. The summed E-state index contributed by atoms with van der Waals surface area (Å²) in [4.78, 5) is 13.6. The fraction of sp³-hybridized carbons (Fsp3) is 0.429. The molecule has 94 valence electrons. The Hall–Kier alpha value is -2.02. The lowest BCUT2D eigenvalue weighted by molar-refractivity contribution is -0.128. The van der Waals surface area contributed by atoms with E-state index in [2.05, 4.69) is 13.0 Å². The molecule has 1 heterocycles. The monoisotopic (exact) mass is 244 g/mol. The van der Waals surface area contributed by atoms with Crippen LogP contribution in [0.2, 0.25) is 0 Å². The van der Waals surface area contributed by atoms with Crippen molar-refractivity contribution in [3.05, 3.63) is 29.3 Å². The third-order valence-electron chi connectivity index (χ3n) is 3.18. The Labute approximate surface area is 107 Å². The summed E-state index contributed by atoms with van der Waals surface area (Å²) < 4.78 is 5.27. The van der Waals surface area contributed by atoms with Crippen LogP contribution in [0.3, 0.4) is 0 Å². The van der Waals surface area contributed by atoms with Crippen molar-refractivity contribution in [3.8, 4) is 11.8 Å². The second-order valence-electron chi connectivity index (χ2n) is 4.72. The maximum atomic E-state index is 11.8. The van der Waals surface area contributed by atoms with Crippen LogP contribution in [0.5, 0.6) is 5.75 Å². The molecule has 0 saturated carbocycles. The highest BCUT2D eigenvalue weighted by Crippen LogP contribution is 2.25. The lowest BCUT2D eigenvalue weighted by atomic mass is 10.1. The van der Waals surface area contributed by atoms with Crippen LogP contribution in [0, 0.1) is 17.2 Å². The SMILES string of the molecule is COc1ccc(C#N)cc1CN1CC(C)CC1=O. The molecule has 1 aromatic carbocycles. The Balaban J connectivity index is 2.22. The third-order valence-corrected chi connectivity index (χ3v) is 3.18. The number of carbonyl (C=O) groups excluding carboxylic acids is 1. The molecule has 1 saturated heterocycles. The van der Waals surface area contributed by atoms with Crippen molar-refractivity contribution in [2.75, 3.05) is 13.7 Å². The van der Waals surface area contributed by atoms with Gasteiger partial charge in [-0.1, -0.05) is 6.92 Å². The van der Waals surface area contributed by atoms with E-state index in [0.717, 1.165) is 17.9 Å². The van der Waals surface area contributed by atoms with Crippen molar-refractivity contribution in [1.29, 1.82) is 5.26 Å². The Kier molecular flexibility index (Phi) is 3.52. The van der Waals surface area contributed by atoms with Crippen LogP contribution in [0.15, 0.2) is 18.2 Å². The summed E-state index contributed by atoms with van der Waals surface area (Å²) in [5, 5.41) is 8.91. The number of methoxy groups -OCH3 is 1. The molecule has 1 atom stereocenters. The zero-order chi connectivity index (χ0) is 13.1. The molecule has 0 radical (unpaired) electrons. The molecule has 0 aromatic heterocycles. The summed E-state index contributed by atoms with van der Waals surface area (Å²) in [5.74, 6) is 1.30. The van der Waals surface area contributed by atoms with Gasteiger partial charge in [0.15, 0.2) is 0 Å². The molecule has 18 heavy (non-hydrogen) atoms. The van der Waals surface area contributed by atoms with Gasteiger partial charge >= 0.3 is 0 Å². The summed E-state index contributed by atoms with van der Waals surface area (Å²) in [6, 6.07) is 7.39. The fourth-order valence-corrected chi connectivity index (χ4v) is 2.30. The van der Waals surface area contributed by atoms with Crippen molar-refractivity contribution in [2.45, 2.75) is 19.9 Å². The largest absolute Gasteiger partial charge is 0.496 e. The van der Waals surface area contributed by atoms with Crippen LogP contribution in [0.25, 0.3) is 0 Å². The van der Waals surface area contributed by atoms with Gasteiger partial charge < -0.3 is 9.64 Å². The highest BCUT2D eigenvalue weighted by molar-refractivity contribution is 5.78. The minimum atomic E-state index is 0.173. The summed E-state index contributed by atoms with van der Waals surface area (Å²) in [5.41, 5.74) is 1.48. The minimum Gasteiger partial charge on any atom is -0.496 e. The smallest absolute Gasteiger partial charge is 0.223 e. The van der Waals surface area contributed by atoms with Crippen LogP contribution in [0.1, 0.15) is 24.5 Å². The van der Waals surface area contributed by atoms with Gasteiger partial charge in [-0.2, -0.15) is 5.26 Å². The molecule has 0 N–H and O–H groups in total. The summed E-state index contributed by atoms with van der Waals surface area (Å²) in [7, 11) is 1.60. The highest BCUT2D eigenvalue weighted by Gasteiger charge is 2.27. The third kappa shape index (κ3) is 2.45. The Morgan fingerprint density at radius 3 is 2.89 bits per heavy atom. The maximum Gasteiger partial charge on any atom is 0.223 e. The number of rotatable bonds is 3. The van der Waals surface area contributed by atoms with E-state index >= 15 is 0 Å². The lowest BCUT2D eigenvalue weighted by Gasteiger charge is -2.18. The molecule has 1 aromatic rings. The first-order valence-electron chi connectivity index (χ1n) is 5.99. The number of carbonyl (C=O) groups is 1. The van der Waals surface area contributed by atoms with E-state index in [1.54, 1.807) is 25.3 Å². The number of likely N-dealkylation sites (tertiary alicyclic amines) is 1. The molecule has 0 bridgehead atoms. The molecular formula is C14H16N2O2. The minimum absolute atomic E-state index is 0.173. The van der Waals surface area contributed by atoms with Gasteiger partial charge in [-0.25, -0.2) is 0 Å². The van der Waals surface area contributed by atoms with E-state index in [0.29, 0.717) is 24.4 Å². The standard InChI is InChI=1S/C14H16N2O2/c1-10-5-14(17)16(8-10)9-12-6-11(7-15)3-4-13(12)18-2/h3-4,6,10H,5,8-9H2,1-2H3. The number of nitriles is 1. The lowest BCUT2D eigenvalue weighted by Crippen LogP contribution is -2.24. The normalized spacial score (nSPS) is 18.8. The molecule has 0 spiro atoms. The van der Waals surface area contributed by atoms with Gasteiger partial charge in [0.05, 0.1) is 18.7 Å². The Morgan fingerprint density at radius 1 is 1.56 bits per heavy atom. The maximum absolute atomic E-state index is 11.8. The van der Waals surface area contributed by atoms with Crippen molar-refractivity contribution in [1.82, 2.24) is 4.90 Å². The van der Waals surface area contributed by atoms with Crippen LogP contribution in [0.4, 0.5) is 0 Å². The first-order chi connectivity index (χ1) is 8.63. The molecule has 4 heteroatoms. The number of hydrogen-bond acceptors (Lipinski definition) is 3. The first kappa shape index (κ1) is 12.4. The summed E-state index contributed by atoms with van der Waals surface area (Å²) >= 11 is 0. The quantitative estimate of drug-likeness (QED) is 0.816. The number of nitrogens with zero attached hydrogens (tertiary/aromatic N) is 2. The second-order valence-corrected chi connectivity index (χ2v) is 4.72. The molecule has 1 aliphatic rings. The zero-order valence-electron chi connectivity index (χ0n) is 10.6. The second kappa shape index (κ2) is 5.09. The van der Waals surface area contributed by atoms with Gasteiger partial charge in [0.25, 0.3) is 0 Å². The van der Waals surface area contributed by atoms with E-state index in [1.165, 1.54) is 0 Å². The first-order valence-corrected chi connectivity index (χ1v) is 5.99. The molecular weight excluding hydrogens is 228 g/mol. The van der Waals surface area contributed by atoms with E-state index < -0.39 is 0 Å². The molecule has 0 aliphatic carbocycles. The van der Waals surface area contributed by atoms with Crippen LogP contribution in [-0.2, 0) is 11.3 Å². The van der Waals surface area contributed by atoms with E-state index in [-0.39, 0.29) is 5.91 Å². The number of amides is 1. The molecule has 1 aliphatic heterocycles. The predicted octanol–water partition coefficient (Wildman–Crippen LogP) is 1.94. The summed E-state index contributed by atoms with van der Waals surface area (Å²) in [6.07, 6.45) is 0.611. The van der Waals surface area contributed by atoms with Gasteiger partial charge in [0.1, 0.15) is 5.75 Å². The topological polar surface area (TPSA) is 53.3 Å². The summed E-state index contributed by atoms with van der Waals surface area (Å²) in [6.45, 7) is 3.36. The van der Waals surface area contributed by atoms with Crippen LogP contribution < -0.4 is 4.74 Å². The van der Waals surface area contributed by atoms with E-state index in [1.807, 2.05) is 4.90 Å². The number of ether oxygens (including phenoxy) is 1. The van der Waals surface area contributed by atoms with Crippen molar-refractivity contribution in [3.63, 3.8) is 0 Å². The van der Waals surface area contributed by atoms with Gasteiger partial charge in [-0.3, -0.25) is 4.79 Å². The number of hydrogen-bond donors (Lipinski definition) is 0. The Bertz CT molecular complexity index is 505.